The first kappa shape index (κ1) is 15.9. The van der Waals surface area contributed by atoms with Gasteiger partial charge in [0.15, 0.2) is 0 Å². The lowest BCUT2D eigenvalue weighted by molar-refractivity contribution is 0.0920. The minimum atomic E-state index is -0.910. The van der Waals surface area contributed by atoms with E-state index < -0.39 is 6.10 Å². The van der Waals surface area contributed by atoms with E-state index >= 15 is 0 Å². The van der Waals surface area contributed by atoms with Crippen LogP contribution in [-0.4, -0.2) is 17.6 Å². The van der Waals surface area contributed by atoms with Gasteiger partial charge in [0, 0.05) is 16.6 Å². The molecular formula is C17H13ClFNO2S. The van der Waals surface area contributed by atoms with Crippen LogP contribution in [0.2, 0.25) is 5.02 Å². The van der Waals surface area contributed by atoms with Crippen LogP contribution in [0.3, 0.4) is 0 Å². The van der Waals surface area contributed by atoms with E-state index in [1.165, 1.54) is 35.6 Å². The molecule has 23 heavy (non-hydrogen) atoms. The molecule has 3 rings (SSSR count). The Bertz CT molecular complexity index is 847. The van der Waals surface area contributed by atoms with E-state index in [0.717, 1.165) is 10.1 Å². The summed E-state index contributed by atoms with van der Waals surface area (Å²) in [6.07, 6.45) is -0.910. The molecule has 0 aliphatic heterocycles. The number of fused-ring (bicyclic) bond motifs is 1. The maximum atomic E-state index is 12.9. The van der Waals surface area contributed by atoms with Crippen molar-refractivity contribution in [1.82, 2.24) is 5.32 Å². The Morgan fingerprint density at radius 2 is 1.91 bits per heavy atom. The molecule has 1 aromatic heterocycles. The third kappa shape index (κ3) is 3.37. The second-order valence-electron chi connectivity index (χ2n) is 5.02. The zero-order chi connectivity index (χ0) is 16.4. The third-order valence-electron chi connectivity index (χ3n) is 3.45. The van der Waals surface area contributed by atoms with Gasteiger partial charge in [-0.1, -0.05) is 41.9 Å². The Labute approximate surface area is 141 Å². The number of carbonyl (C=O) groups is 1. The lowest BCUT2D eigenvalue weighted by atomic mass is 10.1. The number of rotatable bonds is 4. The summed E-state index contributed by atoms with van der Waals surface area (Å²) in [4.78, 5) is 12.7. The van der Waals surface area contributed by atoms with Crippen molar-refractivity contribution in [3.63, 3.8) is 0 Å². The fourth-order valence-electron chi connectivity index (χ4n) is 2.23. The average Bonchev–Trinajstić information content (AvgIpc) is 2.90. The number of thiophene rings is 1. The largest absolute Gasteiger partial charge is 0.387 e. The highest BCUT2D eigenvalue weighted by atomic mass is 35.5. The fourth-order valence-corrected chi connectivity index (χ4v) is 3.67. The van der Waals surface area contributed by atoms with Crippen LogP contribution in [-0.2, 0) is 0 Å². The monoisotopic (exact) mass is 349 g/mol. The SMILES string of the molecule is O=C(NCC(O)c1ccc(F)cc1)c1sc2ccccc2c1Cl. The molecule has 2 N–H and O–H groups in total. The van der Waals surface area contributed by atoms with Crippen LogP contribution < -0.4 is 5.32 Å². The first-order valence-electron chi connectivity index (χ1n) is 6.95. The van der Waals surface area contributed by atoms with Crippen LogP contribution >= 0.6 is 22.9 Å². The van der Waals surface area contributed by atoms with Crippen molar-refractivity contribution in [2.75, 3.05) is 6.54 Å². The molecule has 1 atom stereocenters. The van der Waals surface area contributed by atoms with Gasteiger partial charge in [0.1, 0.15) is 10.7 Å². The number of benzene rings is 2. The fraction of sp³-hybridized carbons (Fsp3) is 0.118. The Morgan fingerprint density at radius 1 is 1.22 bits per heavy atom. The second kappa shape index (κ2) is 6.66. The summed E-state index contributed by atoms with van der Waals surface area (Å²) in [5, 5.41) is 14.0. The quantitative estimate of drug-likeness (QED) is 0.743. The molecule has 0 aliphatic carbocycles. The van der Waals surface area contributed by atoms with Crippen molar-refractivity contribution in [3.8, 4) is 0 Å². The van der Waals surface area contributed by atoms with Crippen molar-refractivity contribution in [3.05, 3.63) is 69.8 Å². The minimum absolute atomic E-state index is 0.0229. The number of aliphatic hydroxyl groups is 1. The smallest absolute Gasteiger partial charge is 0.263 e. The predicted octanol–water partition coefficient (Wildman–Crippen LogP) is 4.16. The summed E-state index contributed by atoms with van der Waals surface area (Å²) in [7, 11) is 0. The second-order valence-corrected chi connectivity index (χ2v) is 6.45. The Morgan fingerprint density at radius 3 is 2.61 bits per heavy atom. The summed E-state index contributed by atoms with van der Waals surface area (Å²) in [5.74, 6) is -0.709. The first-order valence-corrected chi connectivity index (χ1v) is 8.14. The number of hydrogen-bond acceptors (Lipinski definition) is 3. The number of hydrogen-bond donors (Lipinski definition) is 2. The zero-order valence-electron chi connectivity index (χ0n) is 11.9. The van der Waals surface area contributed by atoms with Gasteiger partial charge in [-0.25, -0.2) is 4.39 Å². The molecule has 0 fully saturated rings. The van der Waals surface area contributed by atoms with Crippen LogP contribution in [0.5, 0.6) is 0 Å². The normalized spacial score (nSPS) is 12.3. The van der Waals surface area contributed by atoms with E-state index in [0.29, 0.717) is 15.5 Å². The number of halogens is 2. The summed E-state index contributed by atoms with van der Waals surface area (Å²) >= 11 is 7.55. The van der Waals surface area contributed by atoms with Crippen LogP contribution in [0.15, 0.2) is 48.5 Å². The van der Waals surface area contributed by atoms with Crippen molar-refractivity contribution in [1.29, 1.82) is 0 Å². The van der Waals surface area contributed by atoms with Crippen molar-refractivity contribution in [2.24, 2.45) is 0 Å². The highest BCUT2D eigenvalue weighted by molar-refractivity contribution is 7.21. The lowest BCUT2D eigenvalue weighted by Gasteiger charge is -2.12. The van der Waals surface area contributed by atoms with Crippen LogP contribution in [0.4, 0.5) is 4.39 Å². The summed E-state index contributed by atoms with van der Waals surface area (Å²) < 4.78 is 13.8. The van der Waals surface area contributed by atoms with Gasteiger partial charge in [0.25, 0.3) is 5.91 Å². The molecule has 1 amide bonds. The molecule has 3 nitrogen and oxygen atoms in total. The van der Waals surface area contributed by atoms with E-state index in [1.807, 2.05) is 24.3 Å². The summed E-state index contributed by atoms with van der Waals surface area (Å²) in [6.45, 7) is 0.0229. The molecule has 3 aromatic rings. The van der Waals surface area contributed by atoms with Gasteiger partial charge in [-0.05, 0) is 23.8 Å². The van der Waals surface area contributed by atoms with Crippen LogP contribution in [0.1, 0.15) is 21.3 Å². The van der Waals surface area contributed by atoms with E-state index in [1.54, 1.807) is 0 Å². The molecule has 1 unspecified atom stereocenters. The standard InChI is InChI=1S/C17H13ClFNO2S/c18-15-12-3-1-2-4-14(12)23-16(15)17(22)20-9-13(21)10-5-7-11(19)8-6-10/h1-8,13,21H,9H2,(H,20,22). The van der Waals surface area contributed by atoms with Gasteiger partial charge in [-0.3, -0.25) is 4.79 Å². The highest BCUT2D eigenvalue weighted by Gasteiger charge is 2.18. The van der Waals surface area contributed by atoms with E-state index in [-0.39, 0.29) is 18.3 Å². The number of nitrogens with one attached hydrogen (secondary N) is 1. The third-order valence-corrected chi connectivity index (χ3v) is 5.13. The van der Waals surface area contributed by atoms with E-state index in [2.05, 4.69) is 5.32 Å². The molecule has 0 saturated carbocycles. The van der Waals surface area contributed by atoms with Gasteiger partial charge >= 0.3 is 0 Å². The number of amides is 1. The topological polar surface area (TPSA) is 49.3 Å². The first-order chi connectivity index (χ1) is 11.1. The highest BCUT2D eigenvalue weighted by Crippen LogP contribution is 2.35. The molecular weight excluding hydrogens is 337 g/mol. The van der Waals surface area contributed by atoms with Gasteiger partial charge in [0.05, 0.1) is 11.1 Å². The van der Waals surface area contributed by atoms with Gasteiger partial charge in [0.2, 0.25) is 0 Å². The summed E-state index contributed by atoms with van der Waals surface area (Å²) in [6, 6.07) is 13.0. The molecule has 0 aliphatic rings. The minimum Gasteiger partial charge on any atom is -0.387 e. The van der Waals surface area contributed by atoms with Crippen molar-refractivity contribution >= 4 is 38.9 Å². The summed E-state index contributed by atoms with van der Waals surface area (Å²) in [5.41, 5.74) is 0.536. The number of aliphatic hydroxyl groups excluding tert-OH is 1. The van der Waals surface area contributed by atoms with Crippen LogP contribution in [0, 0.1) is 5.82 Å². The molecule has 1 heterocycles. The predicted molar refractivity (Wildman–Crippen MR) is 90.5 cm³/mol. The van der Waals surface area contributed by atoms with Crippen molar-refractivity contribution in [2.45, 2.75) is 6.10 Å². The lowest BCUT2D eigenvalue weighted by Crippen LogP contribution is -2.27. The molecule has 6 heteroatoms. The molecule has 0 radical (unpaired) electrons. The van der Waals surface area contributed by atoms with Crippen LogP contribution in [0.25, 0.3) is 10.1 Å². The number of carbonyl (C=O) groups excluding carboxylic acids is 1. The van der Waals surface area contributed by atoms with Gasteiger partial charge in [-0.2, -0.15) is 0 Å². The van der Waals surface area contributed by atoms with E-state index in [4.69, 9.17) is 11.6 Å². The molecule has 0 bridgehead atoms. The van der Waals surface area contributed by atoms with E-state index in [9.17, 15) is 14.3 Å². The molecule has 0 saturated heterocycles. The average molecular weight is 350 g/mol. The van der Waals surface area contributed by atoms with Gasteiger partial charge in [-0.15, -0.1) is 11.3 Å². The Balaban J connectivity index is 1.71. The maximum Gasteiger partial charge on any atom is 0.263 e. The Hall–Kier alpha value is -1.95. The van der Waals surface area contributed by atoms with Crippen molar-refractivity contribution < 1.29 is 14.3 Å². The Kier molecular flexibility index (Phi) is 4.61. The van der Waals surface area contributed by atoms with Gasteiger partial charge < -0.3 is 10.4 Å². The molecule has 0 spiro atoms. The molecule has 118 valence electrons. The molecule has 2 aromatic carbocycles. The zero-order valence-corrected chi connectivity index (χ0v) is 13.5. The maximum absolute atomic E-state index is 12.9.